The van der Waals surface area contributed by atoms with Gasteiger partial charge < -0.3 is 4.98 Å². The molecule has 26 heavy (non-hydrogen) atoms. The fourth-order valence-electron chi connectivity index (χ4n) is 2.53. The first-order valence-electron chi connectivity index (χ1n) is 7.72. The van der Waals surface area contributed by atoms with Crippen LogP contribution in [0, 0.1) is 11.6 Å². The van der Waals surface area contributed by atoms with Crippen LogP contribution in [0.2, 0.25) is 0 Å². The van der Waals surface area contributed by atoms with Crippen LogP contribution in [0.25, 0.3) is 16.0 Å². The highest BCUT2D eigenvalue weighted by Crippen LogP contribution is 2.16. The molecule has 1 N–H and O–H groups in total. The molecule has 0 aliphatic rings. The summed E-state index contributed by atoms with van der Waals surface area (Å²) in [5.41, 5.74) is 1.66. The van der Waals surface area contributed by atoms with Crippen LogP contribution in [-0.4, -0.2) is 14.5 Å². The van der Waals surface area contributed by atoms with E-state index in [1.807, 2.05) is 0 Å². The van der Waals surface area contributed by atoms with Crippen molar-refractivity contribution in [1.82, 2.24) is 14.5 Å². The molecule has 0 fully saturated rings. The molecule has 0 unspecified atom stereocenters. The Balaban J connectivity index is 1.90. The maximum atomic E-state index is 13.3. The quantitative estimate of drug-likeness (QED) is 0.602. The van der Waals surface area contributed by atoms with Crippen LogP contribution in [0.15, 0.2) is 64.6 Å². The second kappa shape index (κ2) is 6.64. The van der Waals surface area contributed by atoms with Crippen molar-refractivity contribution in [1.29, 1.82) is 0 Å². The van der Waals surface area contributed by atoms with Crippen molar-refractivity contribution in [2.75, 3.05) is 0 Å². The molecule has 0 saturated carbocycles. The van der Waals surface area contributed by atoms with E-state index in [0.29, 0.717) is 27.4 Å². The average Bonchev–Trinajstić information content (AvgIpc) is 3.02. The zero-order chi connectivity index (χ0) is 18.1. The van der Waals surface area contributed by atoms with E-state index in [1.165, 1.54) is 41.9 Å². The van der Waals surface area contributed by atoms with Crippen molar-refractivity contribution in [3.05, 3.63) is 87.2 Å². The van der Waals surface area contributed by atoms with Gasteiger partial charge in [0.15, 0.2) is 10.4 Å². The normalized spacial score (nSPS) is 12.0. The molecule has 0 aliphatic carbocycles. The third kappa shape index (κ3) is 3.06. The summed E-state index contributed by atoms with van der Waals surface area (Å²) in [7, 11) is 0. The zero-order valence-corrected chi connectivity index (χ0v) is 14.1. The Morgan fingerprint density at radius 2 is 1.69 bits per heavy atom. The van der Waals surface area contributed by atoms with Gasteiger partial charge in [-0.05, 0) is 42.0 Å². The van der Waals surface area contributed by atoms with Gasteiger partial charge in [0.2, 0.25) is 0 Å². The van der Waals surface area contributed by atoms with Crippen LogP contribution in [0.1, 0.15) is 5.56 Å². The highest BCUT2D eigenvalue weighted by atomic mass is 32.1. The van der Waals surface area contributed by atoms with Crippen molar-refractivity contribution in [3.8, 4) is 5.69 Å². The molecule has 0 radical (unpaired) electrons. The van der Waals surface area contributed by atoms with Crippen molar-refractivity contribution >= 4 is 21.7 Å². The van der Waals surface area contributed by atoms with Gasteiger partial charge in [-0.25, -0.2) is 13.8 Å². The van der Waals surface area contributed by atoms with Gasteiger partial charge in [-0.15, -0.1) is 0 Å². The number of nitrogens with zero attached hydrogens (tertiary/aromatic N) is 3. The standard InChI is InChI=1S/C18H12F2N4OS/c19-12-3-1-11(2-4-12)9-21-18-24(14-7-5-13(20)6-8-14)16-15(26-18)17(25)23-10-22-16/h1-8,10H,9H2,(H,22,23,25). The maximum Gasteiger partial charge on any atom is 0.270 e. The first kappa shape index (κ1) is 16.3. The number of H-pyrrole nitrogens is 1. The summed E-state index contributed by atoms with van der Waals surface area (Å²) in [5.74, 6) is -0.669. The lowest BCUT2D eigenvalue weighted by molar-refractivity contribution is 0.626. The molecule has 0 amide bonds. The van der Waals surface area contributed by atoms with Crippen LogP contribution in [0.5, 0.6) is 0 Å². The monoisotopic (exact) mass is 370 g/mol. The largest absolute Gasteiger partial charge is 0.312 e. The van der Waals surface area contributed by atoms with E-state index in [-0.39, 0.29) is 17.2 Å². The van der Waals surface area contributed by atoms with Gasteiger partial charge in [-0.2, -0.15) is 0 Å². The zero-order valence-electron chi connectivity index (χ0n) is 13.3. The van der Waals surface area contributed by atoms with Gasteiger partial charge in [0, 0.05) is 0 Å². The van der Waals surface area contributed by atoms with E-state index in [0.717, 1.165) is 5.56 Å². The summed E-state index contributed by atoms with van der Waals surface area (Å²) in [5, 5.41) is 0. The van der Waals surface area contributed by atoms with Crippen molar-refractivity contribution < 1.29 is 8.78 Å². The summed E-state index contributed by atoms with van der Waals surface area (Å²) in [6.45, 7) is 0.312. The topological polar surface area (TPSA) is 63.0 Å². The molecule has 8 heteroatoms. The van der Waals surface area contributed by atoms with Gasteiger partial charge in [0.25, 0.3) is 5.56 Å². The Morgan fingerprint density at radius 3 is 2.38 bits per heavy atom. The summed E-state index contributed by atoms with van der Waals surface area (Å²) < 4.78 is 28.5. The third-order valence-electron chi connectivity index (χ3n) is 3.78. The molecule has 0 atom stereocenters. The predicted molar refractivity (Wildman–Crippen MR) is 95.2 cm³/mol. The van der Waals surface area contributed by atoms with Crippen LogP contribution in [0.3, 0.4) is 0 Å². The van der Waals surface area contributed by atoms with Gasteiger partial charge in [0.1, 0.15) is 16.3 Å². The van der Waals surface area contributed by atoms with E-state index in [4.69, 9.17) is 0 Å². The summed E-state index contributed by atoms with van der Waals surface area (Å²) in [6.07, 6.45) is 1.32. The number of hydrogen-bond acceptors (Lipinski definition) is 4. The van der Waals surface area contributed by atoms with E-state index < -0.39 is 0 Å². The van der Waals surface area contributed by atoms with Crippen molar-refractivity contribution in [2.45, 2.75) is 6.54 Å². The first-order valence-corrected chi connectivity index (χ1v) is 8.53. The lowest BCUT2D eigenvalue weighted by Gasteiger charge is -2.04. The van der Waals surface area contributed by atoms with Gasteiger partial charge >= 0.3 is 0 Å². The molecular formula is C18H12F2N4OS. The summed E-state index contributed by atoms with van der Waals surface area (Å²) in [6, 6.07) is 11.9. The molecule has 2 heterocycles. The Kier molecular flexibility index (Phi) is 4.18. The number of rotatable bonds is 3. The number of thiazole rings is 1. The fourth-order valence-corrected chi connectivity index (χ4v) is 3.51. The van der Waals surface area contributed by atoms with Crippen LogP contribution in [-0.2, 0) is 6.54 Å². The Bertz CT molecular complexity index is 1190. The van der Waals surface area contributed by atoms with Gasteiger partial charge in [-0.3, -0.25) is 14.4 Å². The van der Waals surface area contributed by atoms with Crippen LogP contribution in [0.4, 0.5) is 8.78 Å². The molecule has 130 valence electrons. The SMILES string of the molecule is O=c1[nH]cnc2c1sc(=NCc1ccc(F)cc1)n2-c1ccc(F)cc1. The minimum Gasteiger partial charge on any atom is -0.312 e. The highest BCUT2D eigenvalue weighted by Gasteiger charge is 2.12. The number of halogens is 2. The Morgan fingerprint density at radius 1 is 1.04 bits per heavy atom. The molecule has 0 aliphatic heterocycles. The second-order valence-electron chi connectivity index (χ2n) is 5.52. The lowest BCUT2D eigenvalue weighted by atomic mass is 10.2. The number of aromatic amines is 1. The number of hydrogen-bond donors (Lipinski definition) is 1. The van der Waals surface area contributed by atoms with Gasteiger partial charge in [-0.1, -0.05) is 23.5 Å². The minimum atomic E-state index is -0.357. The predicted octanol–water partition coefficient (Wildman–Crippen LogP) is 3.15. The average molecular weight is 370 g/mol. The molecule has 4 aromatic rings. The molecule has 5 nitrogen and oxygen atoms in total. The molecule has 0 bridgehead atoms. The second-order valence-corrected chi connectivity index (χ2v) is 6.50. The number of aromatic nitrogens is 3. The highest BCUT2D eigenvalue weighted by molar-refractivity contribution is 7.16. The smallest absolute Gasteiger partial charge is 0.270 e. The minimum absolute atomic E-state index is 0.265. The van der Waals surface area contributed by atoms with E-state index in [1.54, 1.807) is 28.8 Å². The first-order chi connectivity index (χ1) is 12.6. The molecule has 0 spiro atoms. The molecule has 0 saturated heterocycles. The summed E-state index contributed by atoms with van der Waals surface area (Å²) in [4.78, 5) is 24.0. The molecular weight excluding hydrogens is 358 g/mol. The number of fused-ring (bicyclic) bond motifs is 1. The van der Waals surface area contributed by atoms with Gasteiger partial charge in [0.05, 0.1) is 18.6 Å². The third-order valence-corrected chi connectivity index (χ3v) is 4.85. The Hall–Kier alpha value is -3.13. The lowest BCUT2D eigenvalue weighted by Crippen LogP contribution is -2.14. The van der Waals surface area contributed by atoms with E-state index >= 15 is 0 Å². The van der Waals surface area contributed by atoms with E-state index in [9.17, 15) is 13.6 Å². The molecule has 2 aromatic heterocycles. The number of nitrogens with one attached hydrogen (secondary N) is 1. The molecule has 4 rings (SSSR count). The summed E-state index contributed by atoms with van der Waals surface area (Å²) >= 11 is 1.19. The van der Waals surface area contributed by atoms with Crippen molar-refractivity contribution in [3.63, 3.8) is 0 Å². The fraction of sp³-hybridized carbons (Fsp3) is 0.0556. The Labute approximate surface area is 149 Å². The van der Waals surface area contributed by atoms with Crippen LogP contribution < -0.4 is 10.4 Å². The number of benzene rings is 2. The molecule has 2 aromatic carbocycles. The van der Waals surface area contributed by atoms with Crippen molar-refractivity contribution in [2.24, 2.45) is 4.99 Å². The van der Waals surface area contributed by atoms with Crippen LogP contribution >= 0.6 is 11.3 Å². The van der Waals surface area contributed by atoms with E-state index in [2.05, 4.69) is 15.0 Å². The maximum absolute atomic E-state index is 13.3.